The van der Waals surface area contributed by atoms with Crippen molar-refractivity contribution in [3.63, 3.8) is 0 Å². The standard InChI is InChI=1S/C18H25N5O2/c1-12(2)16(25)22-8-4-18(5-9-22)14-11-23(10-13(14)15(24)21-18)17-19-6-3-7-20-17/h3,6-7,12-14H,4-5,8-11H2,1-2H3,(H,21,24)/t13-,14+/m1/s1. The van der Waals surface area contributed by atoms with Gasteiger partial charge in [0.2, 0.25) is 17.8 Å². The molecule has 2 amide bonds. The van der Waals surface area contributed by atoms with Crippen LogP contribution in [0.3, 0.4) is 0 Å². The summed E-state index contributed by atoms with van der Waals surface area (Å²) >= 11 is 0. The van der Waals surface area contributed by atoms with Gasteiger partial charge in [-0.1, -0.05) is 13.8 Å². The van der Waals surface area contributed by atoms with Crippen molar-refractivity contribution >= 4 is 17.8 Å². The van der Waals surface area contributed by atoms with Crippen LogP contribution in [0.1, 0.15) is 26.7 Å². The Morgan fingerprint density at radius 3 is 2.56 bits per heavy atom. The first-order chi connectivity index (χ1) is 12.0. The monoisotopic (exact) mass is 343 g/mol. The smallest absolute Gasteiger partial charge is 0.225 e. The van der Waals surface area contributed by atoms with E-state index in [1.165, 1.54) is 0 Å². The van der Waals surface area contributed by atoms with E-state index in [0.29, 0.717) is 12.5 Å². The van der Waals surface area contributed by atoms with Crippen molar-refractivity contribution in [3.8, 4) is 0 Å². The number of rotatable bonds is 2. The Morgan fingerprint density at radius 1 is 1.24 bits per heavy atom. The minimum atomic E-state index is -0.182. The van der Waals surface area contributed by atoms with Crippen LogP contribution in [0.25, 0.3) is 0 Å². The van der Waals surface area contributed by atoms with Gasteiger partial charge in [-0.3, -0.25) is 9.59 Å². The summed E-state index contributed by atoms with van der Waals surface area (Å²) in [5.41, 5.74) is -0.182. The summed E-state index contributed by atoms with van der Waals surface area (Å²) in [7, 11) is 0. The number of hydrogen-bond acceptors (Lipinski definition) is 5. The third-order valence-corrected chi connectivity index (χ3v) is 6.03. The molecule has 0 radical (unpaired) electrons. The van der Waals surface area contributed by atoms with Gasteiger partial charge in [0.25, 0.3) is 0 Å². The number of nitrogens with zero attached hydrogens (tertiary/aromatic N) is 4. The summed E-state index contributed by atoms with van der Waals surface area (Å²) in [5.74, 6) is 1.34. The molecule has 0 aromatic carbocycles. The summed E-state index contributed by atoms with van der Waals surface area (Å²) in [4.78, 5) is 37.6. The number of piperidine rings is 1. The second kappa shape index (κ2) is 5.97. The molecule has 4 heterocycles. The van der Waals surface area contributed by atoms with Crippen LogP contribution in [0.15, 0.2) is 18.5 Å². The second-order valence-electron chi connectivity index (χ2n) is 7.79. The summed E-state index contributed by atoms with van der Waals surface area (Å²) in [5, 5.41) is 3.29. The number of aromatic nitrogens is 2. The Kier molecular flexibility index (Phi) is 3.89. The van der Waals surface area contributed by atoms with Crippen LogP contribution in [-0.2, 0) is 9.59 Å². The minimum Gasteiger partial charge on any atom is -0.350 e. The van der Waals surface area contributed by atoms with Crippen LogP contribution < -0.4 is 10.2 Å². The highest BCUT2D eigenvalue weighted by Gasteiger charge is 2.57. The molecule has 1 aromatic heterocycles. The predicted molar refractivity (Wildman–Crippen MR) is 92.8 cm³/mol. The van der Waals surface area contributed by atoms with Crippen LogP contribution >= 0.6 is 0 Å². The Hall–Kier alpha value is -2.18. The molecule has 1 N–H and O–H groups in total. The number of nitrogens with one attached hydrogen (secondary N) is 1. The van der Waals surface area contributed by atoms with Gasteiger partial charge in [-0.15, -0.1) is 0 Å². The highest BCUT2D eigenvalue weighted by atomic mass is 16.2. The van der Waals surface area contributed by atoms with Crippen LogP contribution in [0.2, 0.25) is 0 Å². The number of likely N-dealkylation sites (tertiary alicyclic amines) is 1. The largest absolute Gasteiger partial charge is 0.350 e. The molecule has 3 fully saturated rings. The number of hydrogen-bond donors (Lipinski definition) is 1. The number of fused-ring (bicyclic) bond motifs is 2. The molecule has 3 aliphatic rings. The van der Waals surface area contributed by atoms with Gasteiger partial charge in [0.05, 0.1) is 5.92 Å². The van der Waals surface area contributed by atoms with Gasteiger partial charge < -0.3 is 15.1 Å². The molecular formula is C18H25N5O2. The molecule has 134 valence electrons. The fourth-order valence-electron chi connectivity index (χ4n) is 4.67. The van der Waals surface area contributed by atoms with Crippen molar-refractivity contribution in [2.45, 2.75) is 32.2 Å². The summed E-state index contributed by atoms with van der Waals surface area (Å²) in [6.45, 7) is 6.80. The maximum Gasteiger partial charge on any atom is 0.225 e. The first-order valence-electron chi connectivity index (χ1n) is 9.13. The van der Waals surface area contributed by atoms with Gasteiger partial charge in [0.1, 0.15) is 0 Å². The van der Waals surface area contributed by atoms with Gasteiger partial charge in [0.15, 0.2) is 0 Å². The van der Waals surface area contributed by atoms with Gasteiger partial charge in [-0.05, 0) is 18.9 Å². The Balaban J connectivity index is 1.49. The highest BCUT2D eigenvalue weighted by molar-refractivity contribution is 5.85. The Bertz CT molecular complexity index is 669. The van der Waals surface area contributed by atoms with Crippen LogP contribution in [0, 0.1) is 17.8 Å². The molecule has 3 saturated heterocycles. The normalized spacial score (nSPS) is 27.7. The maximum atomic E-state index is 12.6. The second-order valence-corrected chi connectivity index (χ2v) is 7.79. The lowest BCUT2D eigenvalue weighted by molar-refractivity contribution is -0.136. The van der Waals surface area contributed by atoms with Gasteiger partial charge >= 0.3 is 0 Å². The van der Waals surface area contributed by atoms with Crippen molar-refractivity contribution in [3.05, 3.63) is 18.5 Å². The highest BCUT2D eigenvalue weighted by Crippen LogP contribution is 2.44. The van der Waals surface area contributed by atoms with Crippen molar-refractivity contribution < 1.29 is 9.59 Å². The van der Waals surface area contributed by atoms with E-state index in [0.717, 1.165) is 32.5 Å². The number of amides is 2. The molecule has 7 heteroatoms. The first-order valence-corrected chi connectivity index (χ1v) is 9.13. The van der Waals surface area contributed by atoms with E-state index in [1.807, 2.05) is 18.7 Å². The Morgan fingerprint density at radius 2 is 1.92 bits per heavy atom. The van der Waals surface area contributed by atoms with E-state index in [1.54, 1.807) is 18.5 Å². The molecule has 25 heavy (non-hydrogen) atoms. The van der Waals surface area contributed by atoms with E-state index in [4.69, 9.17) is 0 Å². The average molecular weight is 343 g/mol. The molecule has 3 aliphatic heterocycles. The van der Waals surface area contributed by atoms with E-state index < -0.39 is 0 Å². The number of carbonyl (C=O) groups excluding carboxylic acids is 2. The van der Waals surface area contributed by atoms with E-state index in [-0.39, 0.29) is 35.1 Å². The first kappa shape index (κ1) is 16.3. The molecule has 0 saturated carbocycles. The molecule has 0 unspecified atom stereocenters. The zero-order valence-electron chi connectivity index (χ0n) is 14.8. The van der Waals surface area contributed by atoms with Crippen molar-refractivity contribution in [1.82, 2.24) is 20.2 Å². The molecule has 0 bridgehead atoms. The lowest BCUT2D eigenvalue weighted by atomic mass is 9.75. The molecule has 4 rings (SSSR count). The number of anilines is 1. The third kappa shape index (κ3) is 2.65. The summed E-state index contributed by atoms with van der Waals surface area (Å²) < 4.78 is 0. The average Bonchev–Trinajstić information content (AvgIpc) is 3.17. The fraction of sp³-hybridized carbons (Fsp3) is 0.667. The van der Waals surface area contributed by atoms with Gasteiger partial charge in [-0.25, -0.2) is 9.97 Å². The van der Waals surface area contributed by atoms with Crippen molar-refractivity contribution in [1.29, 1.82) is 0 Å². The summed E-state index contributed by atoms with van der Waals surface area (Å²) in [6.07, 6.45) is 5.15. The molecule has 2 atom stereocenters. The van der Waals surface area contributed by atoms with Crippen LogP contribution in [0.4, 0.5) is 5.95 Å². The fourth-order valence-corrected chi connectivity index (χ4v) is 4.67. The summed E-state index contributed by atoms with van der Waals surface area (Å²) in [6, 6.07) is 1.80. The lowest BCUT2D eigenvalue weighted by Crippen LogP contribution is -2.56. The van der Waals surface area contributed by atoms with Crippen LogP contribution in [0.5, 0.6) is 0 Å². The van der Waals surface area contributed by atoms with Crippen molar-refractivity contribution in [2.24, 2.45) is 17.8 Å². The lowest BCUT2D eigenvalue weighted by Gasteiger charge is -2.43. The van der Waals surface area contributed by atoms with E-state index in [9.17, 15) is 9.59 Å². The molecular weight excluding hydrogens is 318 g/mol. The minimum absolute atomic E-state index is 0.00356. The van der Waals surface area contributed by atoms with Gasteiger partial charge in [-0.2, -0.15) is 0 Å². The topological polar surface area (TPSA) is 78.4 Å². The predicted octanol–water partition coefficient (Wildman–Crippen LogP) is 0.676. The number of carbonyl (C=O) groups is 2. The molecule has 0 aliphatic carbocycles. The Labute approximate surface area is 147 Å². The zero-order chi connectivity index (χ0) is 17.6. The van der Waals surface area contributed by atoms with Gasteiger partial charge in [0, 0.05) is 55.9 Å². The van der Waals surface area contributed by atoms with Crippen LogP contribution in [-0.4, -0.2) is 58.4 Å². The maximum absolute atomic E-state index is 12.6. The van der Waals surface area contributed by atoms with E-state index >= 15 is 0 Å². The zero-order valence-corrected chi connectivity index (χ0v) is 14.8. The molecule has 7 nitrogen and oxygen atoms in total. The third-order valence-electron chi connectivity index (χ3n) is 6.03. The molecule has 1 aromatic rings. The SMILES string of the molecule is CC(C)C(=O)N1CCC2(CC1)NC(=O)[C@@H]1CN(c3ncccn3)C[C@@H]12. The quantitative estimate of drug-likeness (QED) is 0.854. The van der Waals surface area contributed by atoms with E-state index in [2.05, 4.69) is 20.2 Å². The van der Waals surface area contributed by atoms with Crippen molar-refractivity contribution in [2.75, 3.05) is 31.1 Å². The molecule has 1 spiro atoms.